The summed E-state index contributed by atoms with van der Waals surface area (Å²) in [6.45, 7) is 3.70. The zero-order valence-electron chi connectivity index (χ0n) is 15.7. The number of rotatable bonds is 8. The van der Waals surface area contributed by atoms with Crippen molar-refractivity contribution in [2.24, 2.45) is 0 Å². The third-order valence-electron chi connectivity index (χ3n) is 4.81. The van der Waals surface area contributed by atoms with Crippen LogP contribution in [-0.2, 0) is 11.2 Å². The summed E-state index contributed by atoms with van der Waals surface area (Å²) in [7, 11) is 4.02. The molecule has 0 aliphatic carbocycles. The molecule has 1 atom stereocenters. The van der Waals surface area contributed by atoms with Crippen LogP contribution in [0.1, 0.15) is 36.0 Å². The van der Waals surface area contributed by atoms with Crippen LogP contribution in [0.4, 0.5) is 0 Å². The molecule has 0 saturated carbocycles. The van der Waals surface area contributed by atoms with Gasteiger partial charge in [-0.25, -0.2) is 0 Å². The molecule has 2 N–H and O–H groups in total. The van der Waals surface area contributed by atoms with Crippen molar-refractivity contribution in [1.29, 1.82) is 0 Å². The molecule has 0 radical (unpaired) electrons. The molecule has 0 spiro atoms. The topological polar surface area (TPSA) is 48.1 Å². The maximum atomic E-state index is 12.5. The Kier molecular flexibility index (Phi) is 6.12. The van der Waals surface area contributed by atoms with Crippen molar-refractivity contribution >= 4 is 28.1 Å². The molecular formula is C21H27N3OS. The summed E-state index contributed by atoms with van der Waals surface area (Å²) in [6, 6.07) is 8.56. The van der Waals surface area contributed by atoms with Gasteiger partial charge in [0.1, 0.15) is 0 Å². The van der Waals surface area contributed by atoms with E-state index in [2.05, 4.69) is 63.3 Å². The van der Waals surface area contributed by atoms with Gasteiger partial charge in [0.05, 0.1) is 0 Å². The van der Waals surface area contributed by atoms with E-state index in [0.29, 0.717) is 13.0 Å². The van der Waals surface area contributed by atoms with Crippen molar-refractivity contribution in [2.45, 2.75) is 25.7 Å². The van der Waals surface area contributed by atoms with Gasteiger partial charge in [-0.15, -0.1) is 0 Å². The first kappa shape index (κ1) is 18.7. The van der Waals surface area contributed by atoms with E-state index in [1.54, 1.807) is 11.3 Å². The first-order valence-electron chi connectivity index (χ1n) is 9.12. The third-order valence-corrected chi connectivity index (χ3v) is 5.51. The van der Waals surface area contributed by atoms with Crippen molar-refractivity contribution < 1.29 is 4.79 Å². The lowest BCUT2D eigenvalue weighted by Crippen LogP contribution is -2.32. The number of nitrogens with zero attached hydrogens (tertiary/aromatic N) is 1. The fraction of sp³-hybridized carbons (Fsp3) is 0.381. The van der Waals surface area contributed by atoms with Gasteiger partial charge < -0.3 is 15.2 Å². The Labute approximate surface area is 159 Å². The van der Waals surface area contributed by atoms with Gasteiger partial charge in [-0.2, -0.15) is 11.3 Å². The Bertz CT molecular complexity index is 851. The summed E-state index contributed by atoms with van der Waals surface area (Å²) >= 11 is 1.68. The Morgan fingerprint density at radius 2 is 2.15 bits per heavy atom. The maximum Gasteiger partial charge on any atom is 0.220 e. The minimum absolute atomic E-state index is 0.0708. The lowest BCUT2D eigenvalue weighted by atomic mass is 9.89. The number of aryl methyl sites for hydroxylation is 1. The highest BCUT2D eigenvalue weighted by Gasteiger charge is 2.22. The van der Waals surface area contributed by atoms with Gasteiger partial charge in [0.25, 0.3) is 0 Å². The smallest absolute Gasteiger partial charge is 0.220 e. The number of benzene rings is 1. The number of carbonyl (C=O) groups excluding carboxylic acids is 1. The van der Waals surface area contributed by atoms with Crippen molar-refractivity contribution in [3.05, 3.63) is 57.9 Å². The molecule has 3 rings (SSSR count). The third kappa shape index (κ3) is 4.17. The lowest BCUT2D eigenvalue weighted by Gasteiger charge is -2.16. The standard InChI is InChI=1S/C21H27N3OS/c1-4-15-6-5-7-17-19(13-23-21(15)17)18(16-8-11-26-14-16)12-20(25)22-9-10-24(2)3/h5-8,11,13-14,18,23H,4,9-10,12H2,1-3H3,(H,22,25). The number of para-hydroxylation sites is 1. The highest BCUT2D eigenvalue weighted by atomic mass is 32.1. The van der Waals surface area contributed by atoms with Crippen LogP contribution in [0, 0.1) is 0 Å². The van der Waals surface area contributed by atoms with E-state index in [1.807, 2.05) is 14.1 Å². The fourth-order valence-corrected chi connectivity index (χ4v) is 4.09. The average molecular weight is 370 g/mol. The first-order chi connectivity index (χ1) is 12.6. The van der Waals surface area contributed by atoms with Crippen LogP contribution >= 0.6 is 11.3 Å². The molecule has 5 heteroatoms. The van der Waals surface area contributed by atoms with Crippen LogP contribution in [0.2, 0.25) is 0 Å². The number of amides is 1. The number of H-pyrrole nitrogens is 1. The summed E-state index contributed by atoms with van der Waals surface area (Å²) in [5, 5.41) is 8.51. The summed E-state index contributed by atoms with van der Waals surface area (Å²) in [4.78, 5) is 18.1. The molecule has 0 bridgehead atoms. The van der Waals surface area contributed by atoms with Crippen molar-refractivity contribution in [3.63, 3.8) is 0 Å². The number of likely N-dealkylation sites (N-methyl/N-ethyl adjacent to an activating group) is 1. The highest BCUT2D eigenvalue weighted by molar-refractivity contribution is 7.08. The van der Waals surface area contributed by atoms with Gasteiger partial charge in [0.15, 0.2) is 0 Å². The van der Waals surface area contributed by atoms with E-state index in [-0.39, 0.29) is 11.8 Å². The second kappa shape index (κ2) is 8.52. The molecular weight excluding hydrogens is 342 g/mol. The predicted molar refractivity (Wildman–Crippen MR) is 110 cm³/mol. The number of hydrogen-bond donors (Lipinski definition) is 2. The van der Waals surface area contributed by atoms with Crippen LogP contribution in [0.3, 0.4) is 0 Å². The fourth-order valence-electron chi connectivity index (χ4n) is 3.38. The molecule has 0 aliphatic rings. The summed E-state index contributed by atoms with van der Waals surface area (Å²) < 4.78 is 0. The number of thiophene rings is 1. The first-order valence-corrected chi connectivity index (χ1v) is 10.1. The molecule has 2 heterocycles. The summed E-state index contributed by atoms with van der Waals surface area (Å²) in [6.07, 6.45) is 3.54. The molecule has 0 aliphatic heterocycles. The van der Waals surface area contributed by atoms with Gasteiger partial charge in [-0.05, 0) is 54.0 Å². The predicted octanol–water partition coefficient (Wildman–Crippen LogP) is 3.99. The number of aromatic nitrogens is 1. The van der Waals surface area contributed by atoms with Crippen LogP contribution in [0.15, 0.2) is 41.2 Å². The van der Waals surface area contributed by atoms with Crippen molar-refractivity contribution in [2.75, 3.05) is 27.2 Å². The SMILES string of the molecule is CCc1cccc2c(C(CC(=O)NCCN(C)C)c3ccsc3)c[nH]c12. The molecule has 0 fully saturated rings. The van der Waals surface area contributed by atoms with Gasteiger partial charge in [0.2, 0.25) is 5.91 Å². The summed E-state index contributed by atoms with van der Waals surface area (Å²) in [5.74, 6) is 0.172. The number of fused-ring (bicyclic) bond motifs is 1. The Hall–Kier alpha value is -2.11. The number of aromatic amines is 1. The van der Waals surface area contributed by atoms with E-state index >= 15 is 0 Å². The number of carbonyl (C=O) groups is 1. The van der Waals surface area contributed by atoms with E-state index in [9.17, 15) is 4.79 Å². The minimum Gasteiger partial charge on any atom is -0.361 e. The normalized spacial score (nSPS) is 12.6. The van der Waals surface area contributed by atoms with E-state index in [1.165, 1.54) is 27.6 Å². The van der Waals surface area contributed by atoms with Crippen molar-refractivity contribution in [1.82, 2.24) is 15.2 Å². The van der Waals surface area contributed by atoms with Crippen LogP contribution < -0.4 is 5.32 Å². The second-order valence-corrected chi connectivity index (χ2v) is 7.68. The van der Waals surface area contributed by atoms with Crippen molar-refractivity contribution in [3.8, 4) is 0 Å². The minimum atomic E-state index is 0.0708. The molecule has 0 saturated heterocycles. The van der Waals surface area contributed by atoms with Crippen LogP contribution in [-0.4, -0.2) is 43.0 Å². The van der Waals surface area contributed by atoms with Gasteiger partial charge in [0, 0.05) is 42.5 Å². The Morgan fingerprint density at radius 1 is 1.31 bits per heavy atom. The van der Waals surface area contributed by atoms with Crippen LogP contribution in [0.5, 0.6) is 0 Å². The van der Waals surface area contributed by atoms with E-state index in [0.717, 1.165) is 13.0 Å². The molecule has 4 nitrogen and oxygen atoms in total. The summed E-state index contributed by atoms with van der Waals surface area (Å²) in [5.41, 5.74) is 4.92. The van der Waals surface area contributed by atoms with Gasteiger partial charge in [-0.3, -0.25) is 4.79 Å². The molecule has 1 amide bonds. The lowest BCUT2D eigenvalue weighted by molar-refractivity contribution is -0.121. The number of hydrogen-bond acceptors (Lipinski definition) is 3. The van der Waals surface area contributed by atoms with Gasteiger partial charge in [-0.1, -0.05) is 25.1 Å². The average Bonchev–Trinajstić information content (AvgIpc) is 3.29. The zero-order valence-corrected chi connectivity index (χ0v) is 16.5. The Balaban J connectivity index is 1.87. The van der Waals surface area contributed by atoms with Gasteiger partial charge >= 0.3 is 0 Å². The second-order valence-electron chi connectivity index (χ2n) is 6.90. The number of nitrogens with one attached hydrogen (secondary N) is 2. The molecule has 2 aromatic heterocycles. The van der Waals surface area contributed by atoms with E-state index < -0.39 is 0 Å². The monoisotopic (exact) mass is 369 g/mol. The molecule has 1 unspecified atom stereocenters. The Morgan fingerprint density at radius 3 is 2.85 bits per heavy atom. The quantitative estimate of drug-likeness (QED) is 0.631. The van der Waals surface area contributed by atoms with E-state index in [4.69, 9.17) is 0 Å². The molecule has 26 heavy (non-hydrogen) atoms. The largest absolute Gasteiger partial charge is 0.361 e. The molecule has 138 valence electrons. The maximum absolute atomic E-state index is 12.5. The highest BCUT2D eigenvalue weighted by Crippen LogP contribution is 2.35. The molecule has 1 aromatic carbocycles. The van der Waals surface area contributed by atoms with Crippen LogP contribution in [0.25, 0.3) is 10.9 Å². The zero-order chi connectivity index (χ0) is 18.5. The molecule has 3 aromatic rings.